The number of carbonyl (C=O) groups excluding carboxylic acids is 4. The molecule has 0 aliphatic carbocycles. The van der Waals surface area contributed by atoms with Crippen LogP contribution in [0.5, 0.6) is 0 Å². The van der Waals surface area contributed by atoms with Crippen molar-refractivity contribution in [2.45, 2.75) is 446 Å². The van der Waals surface area contributed by atoms with Crippen LogP contribution >= 0.6 is 15.6 Å². The quantitative estimate of drug-likeness (QED) is 0.0222. The number of unbranched alkanes of at least 4 members (excludes halogenated alkanes) is 46. The highest BCUT2D eigenvalue weighted by molar-refractivity contribution is 7.47. The number of hydrogen-bond acceptors (Lipinski definition) is 15. The fourth-order valence-corrected chi connectivity index (χ4v) is 14.4. The second-order valence-electron chi connectivity index (χ2n) is 31.8. The number of carbonyl (C=O) groups is 4. The van der Waals surface area contributed by atoms with Crippen LogP contribution in [0.1, 0.15) is 428 Å². The lowest BCUT2D eigenvalue weighted by atomic mass is 10.0. The van der Waals surface area contributed by atoms with Crippen LogP contribution in [0.25, 0.3) is 0 Å². The van der Waals surface area contributed by atoms with Crippen LogP contribution in [0.15, 0.2) is 0 Å². The van der Waals surface area contributed by atoms with E-state index in [1.807, 2.05) is 0 Å². The van der Waals surface area contributed by atoms with Crippen molar-refractivity contribution in [3.63, 3.8) is 0 Å². The summed E-state index contributed by atoms with van der Waals surface area (Å²) in [6, 6.07) is 0. The molecule has 0 aromatic rings. The summed E-state index contributed by atoms with van der Waals surface area (Å²) in [5, 5.41) is 10.7. The van der Waals surface area contributed by atoms with Crippen molar-refractivity contribution in [3.8, 4) is 0 Å². The van der Waals surface area contributed by atoms with Crippen molar-refractivity contribution in [2.75, 3.05) is 39.6 Å². The number of aliphatic hydroxyl groups excluding tert-OH is 1. The van der Waals surface area contributed by atoms with Crippen molar-refractivity contribution in [2.24, 2.45) is 23.7 Å². The minimum atomic E-state index is -4.96. The molecule has 606 valence electrons. The van der Waals surface area contributed by atoms with Crippen LogP contribution in [0.4, 0.5) is 0 Å². The number of esters is 4. The van der Waals surface area contributed by atoms with E-state index < -0.39 is 97.5 Å². The van der Waals surface area contributed by atoms with Crippen LogP contribution in [0, 0.1) is 23.7 Å². The average Bonchev–Trinajstić information content (AvgIpc) is 0.908. The third-order valence-electron chi connectivity index (χ3n) is 19.3. The Bertz CT molecular complexity index is 1990. The van der Waals surface area contributed by atoms with Gasteiger partial charge >= 0.3 is 39.5 Å². The largest absolute Gasteiger partial charge is 0.472 e. The molecule has 2 unspecified atom stereocenters. The molecular formula is C83H162O17P2. The van der Waals surface area contributed by atoms with Gasteiger partial charge in [0.15, 0.2) is 12.2 Å². The Morgan fingerprint density at radius 3 is 0.608 bits per heavy atom. The van der Waals surface area contributed by atoms with Gasteiger partial charge in [-0.2, -0.15) is 0 Å². The van der Waals surface area contributed by atoms with E-state index in [-0.39, 0.29) is 25.7 Å². The molecule has 0 radical (unpaired) electrons. The first-order valence-corrected chi connectivity index (χ1v) is 45.7. The van der Waals surface area contributed by atoms with Crippen LogP contribution in [-0.4, -0.2) is 96.7 Å². The number of aliphatic hydroxyl groups is 1. The Hall–Kier alpha value is -1.94. The molecule has 0 spiro atoms. The molecule has 0 saturated carbocycles. The topological polar surface area (TPSA) is 237 Å². The first-order valence-electron chi connectivity index (χ1n) is 42.7. The van der Waals surface area contributed by atoms with Gasteiger partial charge in [-0.15, -0.1) is 0 Å². The van der Waals surface area contributed by atoms with E-state index in [9.17, 15) is 43.2 Å². The number of rotatable bonds is 80. The maximum Gasteiger partial charge on any atom is 0.472 e. The van der Waals surface area contributed by atoms with Crippen molar-refractivity contribution in [3.05, 3.63) is 0 Å². The second-order valence-corrected chi connectivity index (χ2v) is 34.7. The number of ether oxygens (including phenoxy) is 4. The van der Waals surface area contributed by atoms with E-state index in [1.165, 1.54) is 231 Å². The second kappa shape index (κ2) is 72.0. The van der Waals surface area contributed by atoms with Crippen molar-refractivity contribution in [1.29, 1.82) is 0 Å². The first kappa shape index (κ1) is 100. The first-order chi connectivity index (χ1) is 49.1. The molecule has 19 heteroatoms. The van der Waals surface area contributed by atoms with E-state index in [4.69, 9.17) is 37.0 Å². The Morgan fingerprint density at radius 2 is 0.412 bits per heavy atom. The Kier molecular flexibility index (Phi) is 70.6. The molecule has 0 aliphatic rings. The van der Waals surface area contributed by atoms with Gasteiger partial charge in [0.2, 0.25) is 0 Å². The molecule has 3 N–H and O–H groups in total. The SMILES string of the molecule is CC(C)CCCCCCCCCCCCCCCCCCC(=O)O[C@H](COC(=O)CCCCCCCCCCCCCCCC(C)C)COP(=O)(O)OC[C@@H](O)COP(=O)(O)OC[C@@H](COC(=O)CCCCCCCCCCCC(C)C)OC(=O)CCCCCCCCCCCCCCC(C)C. The Balaban J connectivity index is 5.27. The number of hydrogen-bond donors (Lipinski definition) is 3. The normalized spacial score (nSPS) is 14.0. The van der Waals surface area contributed by atoms with Gasteiger partial charge in [0.1, 0.15) is 19.3 Å². The van der Waals surface area contributed by atoms with Crippen LogP contribution < -0.4 is 0 Å². The molecule has 102 heavy (non-hydrogen) atoms. The lowest BCUT2D eigenvalue weighted by Crippen LogP contribution is -2.30. The summed E-state index contributed by atoms with van der Waals surface area (Å²) in [7, 11) is -9.93. The predicted octanol–water partition coefficient (Wildman–Crippen LogP) is 24.8. The fraction of sp³-hybridized carbons (Fsp3) is 0.952. The Morgan fingerprint density at radius 1 is 0.245 bits per heavy atom. The highest BCUT2D eigenvalue weighted by Crippen LogP contribution is 2.45. The highest BCUT2D eigenvalue weighted by atomic mass is 31.2. The van der Waals surface area contributed by atoms with Crippen LogP contribution in [-0.2, 0) is 65.4 Å². The summed E-state index contributed by atoms with van der Waals surface area (Å²) in [6.45, 7) is 14.3. The van der Waals surface area contributed by atoms with Crippen molar-refractivity contribution in [1.82, 2.24) is 0 Å². The average molecular weight is 1490 g/mol. The van der Waals surface area contributed by atoms with E-state index in [0.717, 1.165) is 114 Å². The minimum absolute atomic E-state index is 0.106. The Labute approximate surface area is 626 Å². The standard InChI is InChI=1S/C83H162O17P2/c1-73(2)59-51-43-35-27-20-14-11-9-10-12-16-24-32-41-49-57-65-82(87)99-78(69-93-80(85)63-55-47-39-31-23-17-13-15-21-28-36-44-52-60-74(3)4)71-97-101(89,90)95-67-77(84)68-96-102(91,92)98-72-79(70-94-81(86)64-56-48-40-34-26-30-38-46-54-62-76(7)8)100-83(88)66-58-50-42-33-25-19-18-22-29-37-45-53-61-75(5)6/h73-79,84H,9-72H2,1-8H3,(H,89,90)(H,91,92)/t77-,78-,79-/m1/s1. The molecule has 17 nitrogen and oxygen atoms in total. The molecular weight excluding hydrogens is 1330 g/mol. The van der Waals surface area contributed by atoms with Crippen LogP contribution in [0.2, 0.25) is 0 Å². The third kappa shape index (κ3) is 76.3. The summed E-state index contributed by atoms with van der Waals surface area (Å²) in [4.78, 5) is 73.1. The zero-order valence-electron chi connectivity index (χ0n) is 67.2. The smallest absolute Gasteiger partial charge is 0.462 e. The molecule has 0 heterocycles. The number of phosphoric ester groups is 2. The van der Waals surface area contributed by atoms with Gasteiger partial charge in [-0.3, -0.25) is 37.3 Å². The fourth-order valence-electron chi connectivity index (χ4n) is 12.8. The monoisotopic (exact) mass is 1490 g/mol. The summed E-state index contributed by atoms with van der Waals surface area (Å²) >= 11 is 0. The summed E-state index contributed by atoms with van der Waals surface area (Å²) in [5.41, 5.74) is 0. The molecule has 0 amide bonds. The molecule has 0 aromatic carbocycles. The lowest BCUT2D eigenvalue weighted by Gasteiger charge is -2.21. The summed E-state index contributed by atoms with van der Waals surface area (Å²) in [6.07, 6.45) is 59.6. The molecule has 5 atom stereocenters. The van der Waals surface area contributed by atoms with Gasteiger partial charge in [-0.05, 0) is 49.4 Å². The van der Waals surface area contributed by atoms with Gasteiger partial charge in [-0.25, -0.2) is 9.13 Å². The molecule has 0 bridgehead atoms. The van der Waals surface area contributed by atoms with Gasteiger partial charge in [0, 0.05) is 25.7 Å². The van der Waals surface area contributed by atoms with Gasteiger partial charge in [0.05, 0.1) is 26.4 Å². The molecule has 0 aromatic heterocycles. The molecule has 0 rings (SSSR count). The maximum absolute atomic E-state index is 13.1. The lowest BCUT2D eigenvalue weighted by molar-refractivity contribution is -0.161. The summed E-state index contributed by atoms with van der Waals surface area (Å²) < 4.78 is 68.8. The van der Waals surface area contributed by atoms with Gasteiger partial charge in [-0.1, -0.05) is 376 Å². The van der Waals surface area contributed by atoms with Crippen LogP contribution in [0.3, 0.4) is 0 Å². The zero-order chi connectivity index (χ0) is 75.3. The molecule has 0 saturated heterocycles. The third-order valence-corrected chi connectivity index (χ3v) is 21.2. The minimum Gasteiger partial charge on any atom is -0.462 e. The zero-order valence-corrected chi connectivity index (χ0v) is 69.0. The summed E-state index contributed by atoms with van der Waals surface area (Å²) in [5.74, 6) is 1.01. The van der Waals surface area contributed by atoms with E-state index in [1.54, 1.807) is 0 Å². The van der Waals surface area contributed by atoms with E-state index >= 15 is 0 Å². The van der Waals surface area contributed by atoms with Crippen molar-refractivity contribution < 1.29 is 80.2 Å². The van der Waals surface area contributed by atoms with E-state index in [0.29, 0.717) is 25.7 Å². The highest BCUT2D eigenvalue weighted by Gasteiger charge is 2.30. The van der Waals surface area contributed by atoms with Gasteiger partial charge in [0.25, 0.3) is 0 Å². The predicted molar refractivity (Wildman–Crippen MR) is 418 cm³/mol. The number of phosphoric acid groups is 2. The van der Waals surface area contributed by atoms with E-state index in [2.05, 4.69) is 55.4 Å². The molecule has 0 aliphatic heterocycles. The maximum atomic E-state index is 13.1. The van der Waals surface area contributed by atoms with Crippen molar-refractivity contribution >= 4 is 39.5 Å². The van der Waals surface area contributed by atoms with Gasteiger partial charge < -0.3 is 33.8 Å². The molecule has 0 fully saturated rings.